The predicted octanol–water partition coefficient (Wildman–Crippen LogP) is 4.36. The van der Waals surface area contributed by atoms with Gasteiger partial charge in [0.2, 0.25) is 10.0 Å². The van der Waals surface area contributed by atoms with Crippen molar-refractivity contribution < 1.29 is 26.7 Å². The minimum atomic E-state index is -4.05. The highest BCUT2D eigenvalue weighted by molar-refractivity contribution is 8.13. The molecule has 194 valence electrons. The van der Waals surface area contributed by atoms with Gasteiger partial charge in [0.25, 0.3) is 20.4 Å². The SMILES string of the molecule is O=[N+]([O-])c1ccccc1S(=O)(=O)Cl.O=[N+]([O-])c1ccccc1S(=O)(=O)NC12CC3CC(CC(C3)C1)C2. The summed E-state index contributed by atoms with van der Waals surface area (Å²) in [4.78, 5) is 19.4. The first kappa shape index (κ1) is 26.5. The topological polar surface area (TPSA) is 167 Å². The molecule has 14 heteroatoms. The number of rotatable bonds is 6. The van der Waals surface area contributed by atoms with E-state index in [1.807, 2.05) is 0 Å². The van der Waals surface area contributed by atoms with E-state index < -0.39 is 45.0 Å². The van der Waals surface area contributed by atoms with E-state index in [0.717, 1.165) is 31.4 Å². The standard InChI is InChI=1S/C16H20N2O4S.C6H4ClNO4S/c19-18(20)14-3-1-2-4-15(14)23(21,22)17-16-8-11-5-12(9-16)7-13(6-11)10-16;7-13(11,12)6-4-2-1-3-5(6)8(9)10/h1-4,11-13,17H,5-10H2;1-4H. The summed E-state index contributed by atoms with van der Waals surface area (Å²) < 4.78 is 50.2. The summed E-state index contributed by atoms with van der Waals surface area (Å²) in [5, 5.41) is 21.5. The van der Waals surface area contributed by atoms with Gasteiger partial charge in [0.05, 0.1) is 9.85 Å². The lowest BCUT2D eigenvalue weighted by Crippen LogP contribution is -2.59. The number of hydrogen-bond acceptors (Lipinski definition) is 8. The van der Waals surface area contributed by atoms with Gasteiger partial charge < -0.3 is 0 Å². The molecule has 4 aliphatic rings. The third-order valence-electron chi connectivity index (χ3n) is 7.07. The van der Waals surface area contributed by atoms with Crippen molar-refractivity contribution in [1.82, 2.24) is 4.72 Å². The zero-order valence-corrected chi connectivity index (χ0v) is 21.3. The largest absolute Gasteiger partial charge is 0.289 e. The Morgan fingerprint density at radius 3 is 1.53 bits per heavy atom. The number of benzene rings is 2. The fourth-order valence-corrected chi connectivity index (χ4v) is 8.86. The second-order valence-corrected chi connectivity index (χ2v) is 13.9. The number of nitrogens with zero attached hydrogens (tertiary/aromatic N) is 2. The van der Waals surface area contributed by atoms with Crippen LogP contribution in [0.15, 0.2) is 58.3 Å². The summed E-state index contributed by atoms with van der Waals surface area (Å²) in [6.45, 7) is 0. The molecule has 4 fully saturated rings. The molecule has 2 aromatic carbocycles. The lowest BCUT2D eigenvalue weighted by molar-refractivity contribution is -0.388. The Labute approximate surface area is 212 Å². The van der Waals surface area contributed by atoms with Crippen molar-refractivity contribution >= 4 is 41.1 Å². The summed E-state index contributed by atoms with van der Waals surface area (Å²) >= 11 is 0. The molecule has 36 heavy (non-hydrogen) atoms. The number of sulfonamides is 1. The van der Waals surface area contributed by atoms with Gasteiger partial charge in [-0.05, 0) is 68.4 Å². The van der Waals surface area contributed by atoms with Gasteiger partial charge in [-0.1, -0.05) is 24.3 Å². The third kappa shape index (κ3) is 5.53. The van der Waals surface area contributed by atoms with Crippen molar-refractivity contribution in [3.8, 4) is 0 Å². The van der Waals surface area contributed by atoms with Crippen LogP contribution in [0.5, 0.6) is 0 Å². The maximum absolute atomic E-state index is 12.8. The van der Waals surface area contributed by atoms with Gasteiger partial charge in [0, 0.05) is 28.4 Å². The number of nitro groups is 2. The maximum Gasteiger partial charge on any atom is 0.289 e. The van der Waals surface area contributed by atoms with Crippen molar-refractivity contribution in [3.63, 3.8) is 0 Å². The molecule has 0 atom stereocenters. The van der Waals surface area contributed by atoms with Crippen molar-refractivity contribution in [2.45, 2.75) is 53.9 Å². The molecule has 0 unspecified atom stereocenters. The zero-order chi connectivity index (χ0) is 26.3. The Kier molecular flexibility index (Phi) is 7.12. The van der Waals surface area contributed by atoms with Crippen molar-refractivity contribution in [2.24, 2.45) is 17.8 Å². The van der Waals surface area contributed by atoms with Crippen LogP contribution in [0.4, 0.5) is 11.4 Å². The highest BCUT2D eigenvalue weighted by atomic mass is 35.7. The van der Waals surface area contributed by atoms with E-state index in [9.17, 15) is 37.1 Å². The molecule has 0 heterocycles. The van der Waals surface area contributed by atoms with Crippen molar-refractivity contribution in [2.75, 3.05) is 0 Å². The van der Waals surface area contributed by atoms with Gasteiger partial charge in [0.15, 0.2) is 9.79 Å². The molecule has 11 nitrogen and oxygen atoms in total. The lowest BCUT2D eigenvalue weighted by atomic mass is 9.53. The van der Waals surface area contributed by atoms with E-state index in [-0.39, 0.29) is 10.6 Å². The van der Waals surface area contributed by atoms with Gasteiger partial charge in [-0.25, -0.2) is 21.6 Å². The van der Waals surface area contributed by atoms with E-state index in [2.05, 4.69) is 4.72 Å². The van der Waals surface area contributed by atoms with Crippen molar-refractivity contribution in [3.05, 3.63) is 68.8 Å². The Bertz CT molecular complexity index is 1380. The molecule has 0 amide bonds. The molecule has 1 N–H and O–H groups in total. The normalized spacial score (nSPS) is 26.6. The van der Waals surface area contributed by atoms with E-state index >= 15 is 0 Å². The second kappa shape index (κ2) is 9.69. The quantitative estimate of drug-likeness (QED) is 0.310. The number of nitro benzene ring substituents is 2. The lowest BCUT2D eigenvalue weighted by Gasteiger charge is -2.56. The molecule has 0 aliphatic heterocycles. The first-order chi connectivity index (χ1) is 16.8. The summed E-state index contributed by atoms with van der Waals surface area (Å²) in [7, 11) is -2.96. The van der Waals surface area contributed by atoms with E-state index in [4.69, 9.17) is 10.7 Å². The number of hydrogen-bond donors (Lipinski definition) is 1. The summed E-state index contributed by atoms with van der Waals surface area (Å²) in [5.41, 5.74) is -1.26. The average Bonchev–Trinajstić information content (AvgIpc) is 2.77. The Morgan fingerprint density at radius 1 is 0.750 bits per heavy atom. The van der Waals surface area contributed by atoms with Gasteiger partial charge in [-0.15, -0.1) is 0 Å². The van der Waals surface area contributed by atoms with Crippen LogP contribution in [0.1, 0.15) is 38.5 Å². The summed E-state index contributed by atoms with van der Waals surface area (Å²) in [6, 6.07) is 10.5. The fourth-order valence-electron chi connectivity index (χ4n) is 6.23. The highest BCUT2D eigenvalue weighted by Crippen LogP contribution is 2.56. The van der Waals surface area contributed by atoms with Crippen molar-refractivity contribution in [1.29, 1.82) is 0 Å². The fraction of sp³-hybridized carbons (Fsp3) is 0.455. The minimum Gasteiger partial charge on any atom is -0.258 e. The smallest absolute Gasteiger partial charge is 0.258 e. The predicted molar refractivity (Wildman–Crippen MR) is 130 cm³/mol. The van der Waals surface area contributed by atoms with Gasteiger partial charge in [-0.3, -0.25) is 20.2 Å². The van der Waals surface area contributed by atoms with Crippen LogP contribution in [0.3, 0.4) is 0 Å². The summed E-state index contributed by atoms with van der Waals surface area (Å²) in [6.07, 6.45) is 6.27. The molecule has 4 aliphatic carbocycles. The van der Waals surface area contributed by atoms with E-state index in [1.54, 1.807) is 0 Å². The molecular formula is C22H24ClN3O8S2. The first-order valence-corrected chi connectivity index (χ1v) is 15.0. The number of halogens is 1. The molecule has 6 rings (SSSR count). The van der Waals surface area contributed by atoms with Crippen LogP contribution >= 0.6 is 10.7 Å². The van der Waals surface area contributed by atoms with Gasteiger partial charge in [0.1, 0.15) is 0 Å². The van der Waals surface area contributed by atoms with Gasteiger partial charge in [-0.2, -0.15) is 0 Å². The molecule has 0 aromatic heterocycles. The van der Waals surface area contributed by atoms with Crippen LogP contribution in [0.25, 0.3) is 0 Å². The molecule has 0 saturated heterocycles. The second-order valence-electron chi connectivity index (χ2n) is 9.69. The van der Waals surface area contributed by atoms with Crippen LogP contribution < -0.4 is 4.72 Å². The Morgan fingerprint density at radius 2 is 1.14 bits per heavy atom. The number of nitrogens with one attached hydrogen (secondary N) is 1. The molecule has 0 spiro atoms. The van der Waals surface area contributed by atoms with Gasteiger partial charge >= 0.3 is 0 Å². The molecular weight excluding hydrogens is 534 g/mol. The molecule has 0 radical (unpaired) electrons. The Balaban J connectivity index is 0.000000200. The monoisotopic (exact) mass is 557 g/mol. The van der Waals surface area contributed by atoms with Crippen LogP contribution in [0.2, 0.25) is 0 Å². The number of para-hydroxylation sites is 2. The minimum absolute atomic E-state index is 0.222. The Hall–Kier alpha value is -2.61. The van der Waals surface area contributed by atoms with Crippen LogP contribution in [0, 0.1) is 38.0 Å². The first-order valence-electron chi connectivity index (χ1n) is 11.3. The third-order valence-corrected chi connectivity index (χ3v) is 10.1. The maximum atomic E-state index is 12.8. The van der Waals surface area contributed by atoms with E-state index in [0.29, 0.717) is 17.8 Å². The molecule has 4 bridgehead atoms. The average molecular weight is 558 g/mol. The van der Waals surface area contributed by atoms with Crippen LogP contribution in [-0.4, -0.2) is 32.2 Å². The van der Waals surface area contributed by atoms with Crippen LogP contribution in [-0.2, 0) is 19.1 Å². The summed E-state index contributed by atoms with van der Waals surface area (Å²) in [5.74, 6) is 1.82. The zero-order valence-electron chi connectivity index (χ0n) is 18.9. The molecule has 4 saturated carbocycles. The highest BCUT2D eigenvalue weighted by Gasteiger charge is 2.52. The molecule has 2 aromatic rings. The van der Waals surface area contributed by atoms with E-state index in [1.165, 1.54) is 55.7 Å².